The lowest BCUT2D eigenvalue weighted by atomic mass is 10.2. The highest BCUT2D eigenvalue weighted by molar-refractivity contribution is 7.99. The fourth-order valence-electron chi connectivity index (χ4n) is 2.28. The monoisotopic (exact) mass is 374 g/mol. The number of carbonyl (C=O) groups excluding carboxylic acids is 1. The van der Waals surface area contributed by atoms with Crippen LogP contribution in [0.1, 0.15) is 23.2 Å². The number of aromatic nitrogens is 3. The minimum absolute atomic E-state index is 0.0699. The second-order valence-corrected chi connectivity index (χ2v) is 7.57. The zero-order valence-corrected chi connectivity index (χ0v) is 15.6. The zero-order valence-electron chi connectivity index (χ0n) is 14.0. The summed E-state index contributed by atoms with van der Waals surface area (Å²) in [6.45, 7) is 3.97. The Bertz CT molecular complexity index is 965. The first kappa shape index (κ1) is 17.6. The van der Waals surface area contributed by atoms with Crippen LogP contribution in [0.4, 0.5) is 5.69 Å². The molecule has 1 aromatic carbocycles. The largest absolute Gasteiger partial charge is 0.325 e. The first-order chi connectivity index (χ1) is 12.0. The molecule has 6 nitrogen and oxygen atoms in total. The average Bonchev–Trinajstić information content (AvgIpc) is 2.99. The van der Waals surface area contributed by atoms with Crippen molar-refractivity contribution in [2.75, 3.05) is 11.1 Å². The molecular weight excluding hydrogens is 356 g/mol. The molecule has 1 amide bonds. The summed E-state index contributed by atoms with van der Waals surface area (Å²) in [7, 11) is 0. The van der Waals surface area contributed by atoms with Crippen LogP contribution >= 0.6 is 23.1 Å². The number of amides is 1. The third-order valence-corrected chi connectivity index (χ3v) is 5.45. The second kappa shape index (κ2) is 7.79. The molecular formula is C17H18N4O2S2. The van der Waals surface area contributed by atoms with Crippen LogP contribution in [-0.2, 0) is 17.0 Å². The van der Waals surface area contributed by atoms with Gasteiger partial charge in [-0.2, -0.15) is 9.61 Å². The Morgan fingerprint density at radius 1 is 1.36 bits per heavy atom. The van der Waals surface area contributed by atoms with Gasteiger partial charge >= 0.3 is 0 Å². The Morgan fingerprint density at radius 2 is 2.20 bits per heavy atom. The van der Waals surface area contributed by atoms with Gasteiger partial charge in [-0.25, -0.2) is 4.98 Å². The van der Waals surface area contributed by atoms with Crippen LogP contribution < -0.4 is 10.9 Å². The lowest BCUT2D eigenvalue weighted by molar-refractivity contribution is -0.113. The summed E-state index contributed by atoms with van der Waals surface area (Å²) in [5, 5.41) is 7.97. The van der Waals surface area contributed by atoms with Crippen molar-refractivity contribution in [1.82, 2.24) is 14.6 Å². The van der Waals surface area contributed by atoms with Gasteiger partial charge in [0.1, 0.15) is 5.01 Å². The summed E-state index contributed by atoms with van der Waals surface area (Å²) in [5.41, 5.74) is 2.38. The molecule has 3 rings (SSSR count). The third kappa shape index (κ3) is 4.46. The van der Waals surface area contributed by atoms with E-state index in [0.29, 0.717) is 22.2 Å². The van der Waals surface area contributed by atoms with Crippen molar-refractivity contribution in [2.45, 2.75) is 26.0 Å². The molecule has 0 aliphatic rings. The molecule has 0 saturated heterocycles. The van der Waals surface area contributed by atoms with E-state index in [1.54, 1.807) is 0 Å². The zero-order chi connectivity index (χ0) is 17.8. The molecule has 0 fully saturated rings. The molecule has 0 spiro atoms. The Labute approximate surface area is 153 Å². The van der Waals surface area contributed by atoms with Crippen molar-refractivity contribution in [3.63, 3.8) is 0 Å². The summed E-state index contributed by atoms with van der Waals surface area (Å²) >= 11 is 2.85. The van der Waals surface area contributed by atoms with E-state index in [-0.39, 0.29) is 11.5 Å². The molecule has 0 aliphatic heterocycles. The number of rotatable bonds is 6. The van der Waals surface area contributed by atoms with Crippen LogP contribution in [-0.4, -0.2) is 26.3 Å². The van der Waals surface area contributed by atoms with E-state index >= 15 is 0 Å². The Kier molecular flexibility index (Phi) is 5.50. The minimum atomic E-state index is -0.180. The van der Waals surface area contributed by atoms with Crippen LogP contribution in [0.5, 0.6) is 0 Å². The normalized spacial score (nSPS) is 11.0. The van der Waals surface area contributed by atoms with E-state index in [2.05, 4.69) is 15.4 Å². The lowest BCUT2D eigenvalue weighted by Gasteiger charge is -2.05. The van der Waals surface area contributed by atoms with Crippen LogP contribution in [0.3, 0.4) is 0 Å². The summed E-state index contributed by atoms with van der Waals surface area (Å²) in [5.74, 6) is 0.740. The molecule has 0 unspecified atom stereocenters. The number of anilines is 1. The number of nitrogens with one attached hydrogen (secondary N) is 1. The van der Waals surface area contributed by atoms with Gasteiger partial charge in [0.05, 0.1) is 11.4 Å². The number of hydrogen-bond donors (Lipinski definition) is 1. The SMILES string of the molecule is CCc1nn2c(=O)cc(CSCC(=O)Nc3cccc(C)c3)nc2s1. The molecule has 0 saturated carbocycles. The van der Waals surface area contributed by atoms with E-state index in [4.69, 9.17) is 0 Å². The summed E-state index contributed by atoms with van der Waals surface area (Å²) in [6.07, 6.45) is 0.774. The summed E-state index contributed by atoms with van der Waals surface area (Å²) < 4.78 is 1.34. The maximum Gasteiger partial charge on any atom is 0.275 e. The maximum atomic E-state index is 12.1. The number of aryl methyl sites for hydroxylation is 2. The number of fused-ring (bicyclic) bond motifs is 1. The molecule has 2 heterocycles. The second-order valence-electron chi connectivity index (χ2n) is 5.54. The van der Waals surface area contributed by atoms with E-state index < -0.39 is 0 Å². The van der Waals surface area contributed by atoms with Gasteiger partial charge in [0.15, 0.2) is 0 Å². The van der Waals surface area contributed by atoms with Crippen LogP contribution in [0.15, 0.2) is 35.1 Å². The molecule has 0 radical (unpaired) electrons. The highest BCUT2D eigenvalue weighted by Gasteiger charge is 2.09. The summed E-state index contributed by atoms with van der Waals surface area (Å²) in [6, 6.07) is 9.16. The third-order valence-electron chi connectivity index (χ3n) is 3.43. The Hall–Kier alpha value is -2.19. The van der Waals surface area contributed by atoms with Gasteiger partial charge in [0.25, 0.3) is 5.56 Å². The highest BCUT2D eigenvalue weighted by atomic mass is 32.2. The molecule has 0 bridgehead atoms. The first-order valence-electron chi connectivity index (χ1n) is 7.88. The molecule has 1 N–H and O–H groups in total. The fraction of sp³-hybridized carbons (Fsp3) is 0.294. The van der Waals surface area contributed by atoms with Crippen LogP contribution in [0.25, 0.3) is 4.96 Å². The van der Waals surface area contributed by atoms with Crippen molar-refractivity contribution in [2.24, 2.45) is 0 Å². The molecule has 0 atom stereocenters. The van der Waals surface area contributed by atoms with E-state index in [0.717, 1.165) is 22.7 Å². The maximum absolute atomic E-state index is 12.1. The smallest absolute Gasteiger partial charge is 0.275 e. The molecule has 130 valence electrons. The van der Waals surface area contributed by atoms with Gasteiger partial charge in [0.2, 0.25) is 10.9 Å². The van der Waals surface area contributed by atoms with Crippen molar-refractivity contribution in [3.8, 4) is 0 Å². The Morgan fingerprint density at radius 3 is 2.96 bits per heavy atom. The molecule has 0 aliphatic carbocycles. The van der Waals surface area contributed by atoms with Gasteiger partial charge in [-0.15, -0.1) is 11.8 Å². The molecule has 8 heteroatoms. The van der Waals surface area contributed by atoms with Gasteiger partial charge in [0, 0.05) is 17.5 Å². The van der Waals surface area contributed by atoms with Gasteiger partial charge < -0.3 is 5.32 Å². The van der Waals surface area contributed by atoms with E-state index in [9.17, 15) is 9.59 Å². The molecule has 2 aromatic heterocycles. The predicted octanol–water partition coefficient (Wildman–Crippen LogP) is 2.89. The molecule has 3 aromatic rings. The standard InChI is InChI=1S/C17H18N4O2S2/c1-3-15-20-21-16(23)8-13(19-17(21)25-15)9-24-10-14(22)18-12-6-4-5-11(2)7-12/h4-8H,3,9-10H2,1-2H3,(H,18,22). The van der Waals surface area contributed by atoms with Gasteiger partial charge in [-0.05, 0) is 31.0 Å². The minimum Gasteiger partial charge on any atom is -0.325 e. The van der Waals surface area contributed by atoms with Crippen molar-refractivity contribution in [3.05, 3.63) is 57.0 Å². The van der Waals surface area contributed by atoms with Crippen LogP contribution in [0, 0.1) is 6.92 Å². The lowest BCUT2D eigenvalue weighted by Crippen LogP contribution is -2.16. The average molecular weight is 374 g/mol. The van der Waals surface area contributed by atoms with Crippen molar-refractivity contribution in [1.29, 1.82) is 0 Å². The molecule has 25 heavy (non-hydrogen) atoms. The quantitative estimate of drug-likeness (QED) is 0.718. The summed E-state index contributed by atoms with van der Waals surface area (Å²) in [4.78, 5) is 29.2. The Balaban J connectivity index is 1.59. The predicted molar refractivity (Wildman–Crippen MR) is 102 cm³/mol. The number of thioether (sulfide) groups is 1. The van der Waals surface area contributed by atoms with E-state index in [1.807, 2.05) is 38.1 Å². The number of nitrogens with zero attached hydrogens (tertiary/aromatic N) is 3. The van der Waals surface area contributed by atoms with Crippen molar-refractivity contribution >= 4 is 39.7 Å². The van der Waals surface area contributed by atoms with Crippen molar-refractivity contribution < 1.29 is 4.79 Å². The van der Waals surface area contributed by atoms with E-state index in [1.165, 1.54) is 33.7 Å². The van der Waals surface area contributed by atoms with Crippen LogP contribution in [0.2, 0.25) is 0 Å². The number of hydrogen-bond acceptors (Lipinski definition) is 6. The fourth-order valence-corrected chi connectivity index (χ4v) is 3.86. The number of carbonyl (C=O) groups is 1. The number of benzene rings is 1. The topological polar surface area (TPSA) is 76.4 Å². The first-order valence-corrected chi connectivity index (χ1v) is 9.85. The highest BCUT2D eigenvalue weighted by Crippen LogP contribution is 2.15. The van der Waals surface area contributed by atoms with Gasteiger partial charge in [-0.1, -0.05) is 30.4 Å². The van der Waals surface area contributed by atoms with Gasteiger partial charge in [-0.3, -0.25) is 9.59 Å².